The first-order valence-electron chi connectivity index (χ1n) is 18.2. The van der Waals surface area contributed by atoms with Gasteiger partial charge in [-0.25, -0.2) is 0 Å². The maximum atomic E-state index is 13.7. The summed E-state index contributed by atoms with van der Waals surface area (Å²) in [4.78, 5) is 27.4. The van der Waals surface area contributed by atoms with Crippen LogP contribution in [0.3, 0.4) is 0 Å². The SMILES string of the molecule is CC1=C[C@@H]2C(=O)[C@]3(C=C(C)[C@H](O)[C@@]3(O)[C@@H]1O)[C@H](C)C[C@@H]1[C@H]2C1(C)C.CC1=C[C@]23C(=O)[C@@H](C=C(CO)[C@@H](O)[C@]2(O)[C@H]1O)[C@H]1[C@@H](C[C@H]3C)C1(C)C. The van der Waals surface area contributed by atoms with Crippen LogP contribution in [-0.2, 0) is 9.59 Å². The van der Waals surface area contributed by atoms with Gasteiger partial charge in [-0.2, -0.15) is 0 Å². The molecule has 0 aliphatic heterocycles. The second-order valence-electron chi connectivity index (χ2n) is 18.5. The second-order valence-corrected chi connectivity index (χ2v) is 18.5. The predicted molar refractivity (Wildman–Crippen MR) is 181 cm³/mol. The number of rotatable bonds is 1. The van der Waals surface area contributed by atoms with Crippen LogP contribution in [0.25, 0.3) is 0 Å². The Labute approximate surface area is 289 Å². The minimum atomic E-state index is -2.03. The van der Waals surface area contributed by atoms with Gasteiger partial charge in [0.25, 0.3) is 0 Å². The van der Waals surface area contributed by atoms with Gasteiger partial charge in [0.15, 0.2) is 11.6 Å². The second kappa shape index (κ2) is 10.3. The fourth-order valence-corrected chi connectivity index (χ4v) is 12.8. The summed E-state index contributed by atoms with van der Waals surface area (Å²) in [6.45, 7) is 17.4. The van der Waals surface area contributed by atoms with Crippen molar-refractivity contribution in [2.24, 2.45) is 69.0 Å². The van der Waals surface area contributed by atoms with E-state index in [1.165, 1.54) is 0 Å². The van der Waals surface area contributed by atoms with Crippen LogP contribution in [0.4, 0.5) is 0 Å². The lowest BCUT2D eigenvalue weighted by atomic mass is 9.59. The van der Waals surface area contributed by atoms with Crippen molar-refractivity contribution >= 4 is 11.6 Å². The summed E-state index contributed by atoms with van der Waals surface area (Å²) in [6, 6.07) is 0. The molecule has 0 aromatic carbocycles. The topological polar surface area (TPSA) is 176 Å². The van der Waals surface area contributed by atoms with E-state index in [4.69, 9.17) is 0 Å². The molecule has 0 radical (unpaired) electrons. The maximum absolute atomic E-state index is 13.7. The highest BCUT2D eigenvalue weighted by atomic mass is 16.4. The molecule has 0 heterocycles. The number of aliphatic hydroxyl groups is 7. The monoisotopic (exact) mass is 680 g/mol. The van der Waals surface area contributed by atoms with Gasteiger partial charge in [0.1, 0.15) is 35.6 Å². The number of fused-ring (bicyclic) bond motifs is 6. The van der Waals surface area contributed by atoms with Gasteiger partial charge in [-0.3, -0.25) is 9.59 Å². The van der Waals surface area contributed by atoms with Gasteiger partial charge in [-0.05, 0) is 102 Å². The summed E-state index contributed by atoms with van der Waals surface area (Å²) >= 11 is 0. The molecule has 4 fully saturated rings. The summed E-state index contributed by atoms with van der Waals surface area (Å²) in [5.41, 5.74) is -4.38. The number of hydrogen-bond acceptors (Lipinski definition) is 9. The van der Waals surface area contributed by atoms with Gasteiger partial charge in [-0.1, -0.05) is 65.8 Å². The number of carbonyl (C=O) groups excluding carboxylic acids is 2. The molecule has 2 spiro atoms. The summed E-state index contributed by atoms with van der Waals surface area (Å²) in [5.74, 6) is -0.0480. The quantitative estimate of drug-likeness (QED) is 0.205. The molecule has 7 N–H and O–H groups in total. The summed E-state index contributed by atoms with van der Waals surface area (Å²) in [7, 11) is 0. The molecular weight excluding hydrogens is 624 g/mol. The number of Topliss-reactive ketones (excluding diaryl/α,β-unsaturated/α-hetero) is 2. The highest BCUT2D eigenvalue weighted by molar-refractivity contribution is 5.96. The zero-order valence-corrected chi connectivity index (χ0v) is 30.3. The Balaban J connectivity index is 0.000000154. The molecule has 0 amide bonds. The Bertz CT molecular complexity index is 1630. The minimum absolute atomic E-state index is 0.0245. The van der Waals surface area contributed by atoms with Crippen LogP contribution in [0, 0.1) is 69.0 Å². The van der Waals surface area contributed by atoms with Crippen molar-refractivity contribution in [1.29, 1.82) is 0 Å². The van der Waals surface area contributed by atoms with Crippen molar-refractivity contribution in [2.45, 2.75) is 111 Å². The maximum Gasteiger partial charge on any atom is 0.153 e. The number of hydrogen-bond donors (Lipinski definition) is 7. The molecule has 49 heavy (non-hydrogen) atoms. The Hall–Kier alpha value is -1.98. The minimum Gasteiger partial charge on any atom is -0.392 e. The highest BCUT2D eigenvalue weighted by Gasteiger charge is 2.77. The van der Waals surface area contributed by atoms with Crippen LogP contribution < -0.4 is 0 Å². The Morgan fingerprint density at radius 2 is 1.00 bits per heavy atom. The molecule has 9 nitrogen and oxygen atoms in total. The summed E-state index contributed by atoms with van der Waals surface area (Å²) in [6.07, 6.45) is 3.35. The lowest BCUT2D eigenvalue weighted by Crippen LogP contribution is -2.65. The average molecular weight is 681 g/mol. The van der Waals surface area contributed by atoms with Crippen LogP contribution in [0.5, 0.6) is 0 Å². The van der Waals surface area contributed by atoms with E-state index in [0.717, 1.165) is 12.8 Å². The van der Waals surface area contributed by atoms with E-state index in [-0.39, 0.29) is 57.6 Å². The summed E-state index contributed by atoms with van der Waals surface area (Å²) in [5, 5.41) is 76.2. The number of aliphatic hydroxyl groups excluding tert-OH is 5. The lowest BCUT2D eigenvalue weighted by Gasteiger charge is -2.48. The Morgan fingerprint density at radius 1 is 0.633 bits per heavy atom. The summed E-state index contributed by atoms with van der Waals surface area (Å²) < 4.78 is 0. The van der Waals surface area contributed by atoms with Crippen LogP contribution in [0.1, 0.15) is 75.2 Å². The average Bonchev–Trinajstić information content (AvgIpc) is 3.76. The normalized spacial score (nSPS) is 54.0. The molecule has 16 atom stereocenters. The van der Waals surface area contributed by atoms with Crippen molar-refractivity contribution in [3.05, 3.63) is 46.6 Å². The molecule has 0 aromatic heterocycles. The van der Waals surface area contributed by atoms with Gasteiger partial charge < -0.3 is 35.7 Å². The third kappa shape index (κ3) is 3.86. The third-order valence-corrected chi connectivity index (χ3v) is 15.8. The molecule has 0 unspecified atom stereocenters. The molecule has 0 saturated heterocycles. The number of ketones is 2. The molecular formula is C40H56O9. The van der Waals surface area contributed by atoms with Crippen LogP contribution in [0.2, 0.25) is 0 Å². The fourth-order valence-electron chi connectivity index (χ4n) is 12.8. The van der Waals surface area contributed by atoms with Crippen LogP contribution in [0.15, 0.2) is 46.6 Å². The van der Waals surface area contributed by atoms with E-state index in [1.54, 1.807) is 39.0 Å². The predicted octanol–water partition coefficient (Wildman–Crippen LogP) is 2.66. The zero-order chi connectivity index (χ0) is 36.3. The highest BCUT2D eigenvalue weighted by Crippen LogP contribution is 2.73. The largest absolute Gasteiger partial charge is 0.392 e. The van der Waals surface area contributed by atoms with Gasteiger partial charge in [0.05, 0.1) is 17.4 Å². The molecule has 270 valence electrons. The number of allylic oxidation sites excluding steroid dienone is 2. The van der Waals surface area contributed by atoms with Crippen molar-refractivity contribution in [1.82, 2.24) is 0 Å². The van der Waals surface area contributed by atoms with Gasteiger partial charge in [0, 0.05) is 11.8 Å². The van der Waals surface area contributed by atoms with Gasteiger partial charge in [-0.15, -0.1) is 0 Å². The van der Waals surface area contributed by atoms with Crippen molar-refractivity contribution < 1.29 is 45.3 Å². The number of carbonyl (C=O) groups is 2. The van der Waals surface area contributed by atoms with Crippen molar-refractivity contribution in [2.75, 3.05) is 6.61 Å². The Kier molecular flexibility index (Phi) is 7.47. The van der Waals surface area contributed by atoms with Crippen molar-refractivity contribution in [3.63, 3.8) is 0 Å². The van der Waals surface area contributed by atoms with Crippen molar-refractivity contribution in [3.8, 4) is 0 Å². The smallest absolute Gasteiger partial charge is 0.153 e. The van der Waals surface area contributed by atoms with E-state index >= 15 is 0 Å². The van der Waals surface area contributed by atoms with E-state index in [1.807, 2.05) is 19.9 Å². The standard InChI is InChI=1S/C20H28O5.C20H28O4/c1-9-7-19-10(2)5-13-14(18(13,3)4)12(17(19)24)6-11(8-21)16(23)20(19,25)15(9)22;1-9-6-12-14-13(18(14,4)5)7-11(3)19(17(12)23)8-10(2)16(22)20(19,24)15(9)21/h6-7,10,12-16,21-23,25H,5,8H2,1-4H3;6,8,11-16,21-22,24H,7H2,1-5H3/t10-,12+,13-,14+,15+,16-,19+,20-;11-,12+,13-,14+,15-,16+,19+,20+/m11/s1. The van der Waals surface area contributed by atoms with Crippen LogP contribution in [-0.4, -0.2) is 89.5 Å². The third-order valence-electron chi connectivity index (χ3n) is 15.8. The Morgan fingerprint density at radius 3 is 1.41 bits per heavy atom. The van der Waals surface area contributed by atoms with E-state index < -0.39 is 59.0 Å². The van der Waals surface area contributed by atoms with Gasteiger partial charge >= 0.3 is 0 Å². The first-order chi connectivity index (χ1) is 22.6. The van der Waals surface area contributed by atoms with Gasteiger partial charge in [0.2, 0.25) is 0 Å². The van der Waals surface area contributed by atoms with Crippen LogP contribution >= 0.6 is 0 Å². The van der Waals surface area contributed by atoms with E-state index in [2.05, 4.69) is 27.7 Å². The molecule has 9 heteroatoms. The van der Waals surface area contributed by atoms with E-state index in [0.29, 0.717) is 28.6 Å². The fraction of sp³-hybridized carbons (Fsp3) is 0.750. The molecule has 4 saturated carbocycles. The molecule has 8 aliphatic carbocycles. The first-order valence-corrected chi connectivity index (χ1v) is 18.2. The molecule has 8 rings (SSSR count). The molecule has 4 bridgehead atoms. The molecule has 0 aromatic rings. The molecule has 8 aliphatic rings. The van der Waals surface area contributed by atoms with E-state index in [9.17, 15) is 45.3 Å². The zero-order valence-electron chi connectivity index (χ0n) is 30.3. The lowest BCUT2D eigenvalue weighted by molar-refractivity contribution is -0.190. The first kappa shape index (κ1) is 35.4.